The molecule has 1 aliphatic rings. The summed E-state index contributed by atoms with van der Waals surface area (Å²) in [4.78, 5) is 21.2. The Labute approximate surface area is 291 Å². The van der Waals surface area contributed by atoms with Crippen LogP contribution >= 0.6 is 0 Å². The van der Waals surface area contributed by atoms with Crippen LogP contribution in [-0.4, -0.2) is 95.7 Å². The number of nitrogens with zero attached hydrogens (tertiary/aromatic N) is 4. The van der Waals surface area contributed by atoms with Crippen molar-refractivity contribution < 1.29 is 33.4 Å². The molecule has 0 saturated heterocycles. The molecule has 10 nitrogen and oxygen atoms in total. The Morgan fingerprint density at radius 3 is 2.00 bits per heavy atom. The topological polar surface area (TPSA) is 106 Å². The fourth-order valence-electron chi connectivity index (χ4n) is 5.62. The summed E-state index contributed by atoms with van der Waals surface area (Å²) in [6.07, 6.45) is 33.7. The second kappa shape index (κ2) is 30.5. The molecule has 10 heteroatoms. The van der Waals surface area contributed by atoms with Crippen LogP contribution in [0.15, 0.2) is 30.9 Å². The molecule has 0 saturated carbocycles. The Morgan fingerprint density at radius 1 is 0.792 bits per heavy atom. The van der Waals surface area contributed by atoms with Crippen LogP contribution < -0.4 is 4.74 Å². The molecule has 2 heterocycles. The molecule has 274 valence electrons. The normalized spacial score (nSPS) is 14.3. The average molecular weight is 676 g/mol. The molecule has 1 N–H and O–H groups in total. The third-order valence-corrected chi connectivity index (χ3v) is 8.48. The number of ether oxygens (including phenoxy) is 4. The SMILES string of the molecule is CCCCCCCCCCCCCCCCCCOCC(COCCOCCN1C=C[N+](=CCCCCC(=O)O)C1)Oc1ncccn1. The number of unbranched alkanes of at least 4 members (excludes halogenated alkanes) is 17. The van der Waals surface area contributed by atoms with E-state index in [9.17, 15) is 4.79 Å². The summed E-state index contributed by atoms with van der Waals surface area (Å²) in [7, 11) is 0. The van der Waals surface area contributed by atoms with Gasteiger partial charge >= 0.3 is 12.0 Å². The first kappa shape index (κ1) is 41.6. The lowest BCUT2D eigenvalue weighted by atomic mass is 10.0. The van der Waals surface area contributed by atoms with Crippen molar-refractivity contribution in [3.63, 3.8) is 0 Å². The van der Waals surface area contributed by atoms with E-state index in [1.807, 2.05) is 6.20 Å². The molecule has 0 bridgehead atoms. The minimum Gasteiger partial charge on any atom is -0.481 e. The molecule has 1 aromatic rings. The van der Waals surface area contributed by atoms with Gasteiger partial charge in [0.15, 0.2) is 6.20 Å². The minimum absolute atomic E-state index is 0.235. The van der Waals surface area contributed by atoms with E-state index in [0.717, 1.165) is 39.1 Å². The molecule has 1 aromatic heterocycles. The maximum absolute atomic E-state index is 10.6. The molecule has 1 aliphatic heterocycles. The molecule has 1 unspecified atom stereocenters. The van der Waals surface area contributed by atoms with Crippen LogP contribution in [0.25, 0.3) is 0 Å². The van der Waals surface area contributed by atoms with Gasteiger partial charge in [0.25, 0.3) is 0 Å². The average Bonchev–Trinajstić information content (AvgIpc) is 3.54. The first-order valence-corrected chi connectivity index (χ1v) is 19.1. The third-order valence-electron chi connectivity index (χ3n) is 8.48. The van der Waals surface area contributed by atoms with Gasteiger partial charge in [-0.1, -0.05) is 103 Å². The molecule has 0 spiro atoms. The number of carbonyl (C=O) groups is 1. The third kappa shape index (κ3) is 24.6. The fraction of sp³-hybridized carbons (Fsp3) is 0.789. The smallest absolute Gasteiger partial charge is 0.316 e. The number of aliphatic carboxylic acids is 1. The van der Waals surface area contributed by atoms with E-state index in [0.29, 0.717) is 45.5 Å². The number of aromatic nitrogens is 2. The predicted octanol–water partition coefficient (Wildman–Crippen LogP) is 8.01. The van der Waals surface area contributed by atoms with Crippen LogP contribution in [0.1, 0.15) is 135 Å². The largest absolute Gasteiger partial charge is 0.481 e. The van der Waals surface area contributed by atoms with Crippen LogP contribution in [0, 0.1) is 0 Å². The number of rotatable bonds is 34. The Balaban J connectivity index is 1.44. The Kier molecular flexibility index (Phi) is 26.4. The monoisotopic (exact) mass is 676 g/mol. The van der Waals surface area contributed by atoms with Gasteiger partial charge in [0.2, 0.25) is 6.67 Å². The zero-order chi connectivity index (χ0) is 34.2. The van der Waals surface area contributed by atoms with Crippen LogP contribution in [-0.2, 0) is 19.0 Å². The maximum Gasteiger partial charge on any atom is 0.316 e. The molecule has 0 amide bonds. The van der Waals surface area contributed by atoms with Gasteiger partial charge in [0.1, 0.15) is 12.3 Å². The molecule has 2 rings (SSSR count). The maximum atomic E-state index is 10.6. The second-order valence-corrected chi connectivity index (χ2v) is 12.9. The van der Waals surface area contributed by atoms with Crippen molar-refractivity contribution in [2.45, 2.75) is 141 Å². The van der Waals surface area contributed by atoms with Gasteiger partial charge in [-0.25, -0.2) is 9.97 Å². The van der Waals surface area contributed by atoms with Crippen LogP contribution in [0.2, 0.25) is 0 Å². The van der Waals surface area contributed by atoms with E-state index in [2.05, 4.69) is 38.8 Å². The minimum atomic E-state index is -0.729. The van der Waals surface area contributed by atoms with Gasteiger partial charge in [0, 0.05) is 38.4 Å². The van der Waals surface area contributed by atoms with E-state index in [4.69, 9.17) is 24.1 Å². The fourth-order valence-corrected chi connectivity index (χ4v) is 5.62. The van der Waals surface area contributed by atoms with Crippen LogP contribution in [0.5, 0.6) is 6.01 Å². The molecule has 0 aromatic carbocycles. The van der Waals surface area contributed by atoms with Gasteiger partial charge in [-0.05, 0) is 25.3 Å². The standard InChI is InChI=1S/C38H66N4O6/c1-2-3-4-5-6-7-8-9-10-11-12-13-14-15-16-20-29-46-33-36(48-38-39-23-21-24-40-38)34-47-32-31-45-30-28-42-27-26-41(35-42)25-19-17-18-22-37(43)44/h21,23-27,36H,2-20,22,28-35H2,1H3/p+1. The number of hydrogen-bond acceptors (Lipinski definition) is 8. The summed E-state index contributed by atoms with van der Waals surface area (Å²) in [6.45, 7) is 7.00. The highest BCUT2D eigenvalue weighted by atomic mass is 16.6. The van der Waals surface area contributed by atoms with E-state index < -0.39 is 5.97 Å². The second-order valence-electron chi connectivity index (χ2n) is 12.9. The van der Waals surface area contributed by atoms with Gasteiger partial charge in [-0.15, -0.1) is 0 Å². The van der Waals surface area contributed by atoms with Crippen LogP contribution in [0.3, 0.4) is 0 Å². The van der Waals surface area contributed by atoms with E-state index in [1.165, 1.54) is 96.3 Å². The molecule has 0 aliphatic carbocycles. The number of hydrogen-bond donors (Lipinski definition) is 1. The highest BCUT2D eigenvalue weighted by molar-refractivity contribution is 5.66. The summed E-state index contributed by atoms with van der Waals surface area (Å²) in [6, 6.07) is 2.10. The van der Waals surface area contributed by atoms with Crippen molar-refractivity contribution in [1.29, 1.82) is 0 Å². The summed E-state index contributed by atoms with van der Waals surface area (Å²) in [5, 5.41) is 8.73. The Bertz CT molecular complexity index is 948. The van der Waals surface area contributed by atoms with Crippen molar-refractivity contribution >= 4 is 12.2 Å². The Morgan fingerprint density at radius 2 is 1.38 bits per heavy atom. The summed E-state index contributed by atoms with van der Waals surface area (Å²) in [5.41, 5.74) is 0. The lowest BCUT2D eigenvalue weighted by Crippen LogP contribution is -2.30. The van der Waals surface area contributed by atoms with Gasteiger partial charge in [0.05, 0.1) is 39.2 Å². The highest BCUT2D eigenvalue weighted by Crippen LogP contribution is 2.14. The summed E-state index contributed by atoms with van der Waals surface area (Å²) in [5.74, 6) is -0.729. The van der Waals surface area contributed by atoms with Crippen molar-refractivity contribution in [3.8, 4) is 6.01 Å². The molecular weight excluding hydrogens is 608 g/mol. The first-order chi connectivity index (χ1) is 23.7. The van der Waals surface area contributed by atoms with Gasteiger partial charge < -0.3 is 29.0 Å². The number of carboxylic acids is 1. The zero-order valence-corrected chi connectivity index (χ0v) is 30.1. The highest BCUT2D eigenvalue weighted by Gasteiger charge is 2.15. The zero-order valence-electron chi connectivity index (χ0n) is 30.1. The lowest BCUT2D eigenvalue weighted by molar-refractivity contribution is -0.460. The van der Waals surface area contributed by atoms with Crippen molar-refractivity contribution in [2.24, 2.45) is 0 Å². The first-order valence-electron chi connectivity index (χ1n) is 19.1. The lowest BCUT2D eigenvalue weighted by Gasteiger charge is -2.18. The molecular formula is C38H67N4O6+. The van der Waals surface area contributed by atoms with Gasteiger partial charge in [-0.2, -0.15) is 4.58 Å². The molecule has 1 atom stereocenters. The Hall–Kier alpha value is -2.56. The summed E-state index contributed by atoms with van der Waals surface area (Å²) < 4.78 is 25.7. The van der Waals surface area contributed by atoms with E-state index >= 15 is 0 Å². The predicted molar refractivity (Wildman–Crippen MR) is 192 cm³/mol. The van der Waals surface area contributed by atoms with E-state index in [1.54, 1.807) is 18.5 Å². The van der Waals surface area contributed by atoms with Crippen molar-refractivity contribution in [3.05, 3.63) is 30.9 Å². The summed E-state index contributed by atoms with van der Waals surface area (Å²) >= 11 is 0. The molecule has 0 fully saturated rings. The number of carboxylic acid groups (broad SMARTS) is 1. The van der Waals surface area contributed by atoms with E-state index in [-0.39, 0.29) is 12.5 Å². The molecule has 48 heavy (non-hydrogen) atoms. The van der Waals surface area contributed by atoms with Crippen molar-refractivity contribution in [2.75, 3.05) is 52.9 Å². The van der Waals surface area contributed by atoms with Gasteiger partial charge in [-0.3, -0.25) is 4.79 Å². The van der Waals surface area contributed by atoms with Crippen molar-refractivity contribution in [1.82, 2.24) is 14.9 Å². The quantitative estimate of drug-likeness (QED) is 0.0574. The molecule has 0 radical (unpaired) electrons. The van der Waals surface area contributed by atoms with Crippen LogP contribution in [0.4, 0.5) is 0 Å².